The molecule has 1 N–H and O–H groups in total. The number of carbonyl (C=O) groups is 1. The van der Waals surface area contributed by atoms with Gasteiger partial charge in [0.05, 0.1) is 24.2 Å². The smallest absolute Gasteiger partial charge is 0.262 e. The quantitative estimate of drug-likeness (QED) is 0.431. The van der Waals surface area contributed by atoms with Crippen LogP contribution in [0.15, 0.2) is 70.1 Å². The monoisotopic (exact) mass is 460 g/mol. The Hall–Kier alpha value is -3.65. The lowest BCUT2D eigenvalue weighted by Crippen LogP contribution is -2.25. The van der Waals surface area contributed by atoms with Gasteiger partial charge in [-0.05, 0) is 67.6 Å². The van der Waals surface area contributed by atoms with Crippen molar-refractivity contribution < 1.29 is 14.3 Å². The summed E-state index contributed by atoms with van der Waals surface area (Å²) in [6.45, 7) is 0.0375. The van der Waals surface area contributed by atoms with Crippen LogP contribution in [0.2, 0.25) is 0 Å². The summed E-state index contributed by atoms with van der Waals surface area (Å²) < 4.78 is 12.6. The molecule has 7 nitrogen and oxygen atoms in total. The van der Waals surface area contributed by atoms with Crippen LogP contribution in [0.1, 0.15) is 19.3 Å². The van der Waals surface area contributed by atoms with Crippen molar-refractivity contribution in [1.82, 2.24) is 4.68 Å². The first kappa shape index (κ1) is 21.2. The van der Waals surface area contributed by atoms with E-state index in [1.54, 1.807) is 7.11 Å². The molecule has 0 radical (unpaired) electrons. The number of methoxy groups -OCH3 is 1. The highest BCUT2D eigenvalue weighted by atomic mass is 32.1. The number of carbonyl (C=O) groups excluding carboxylic acids is 1. The Morgan fingerprint density at radius 1 is 1.21 bits per heavy atom. The summed E-state index contributed by atoms with van der Waals surface area (Å²) in [6, 6.07) is 13.4. The summed E-state index contributed by atoms with van der Waals surface area (Å²) in [4.78, 5) is 17.4. The third-order valence-electron chi connectivity index (χ3n) is 5.59. The molecule has 5 rings (SSSR count). The van der Waals surface area contributed by atoms with Gasteiger partial charge in [-0.1, -0.05) is 12.2 Å². The Bertz CT molecular complexity index is 1290. The lowest BCUT2D eigenvalue weighted by molar-refractivity contribution is -0.118. The van der Waals surface area contributed by atoms with E-state index in [2.05, 4.69) is 17.5 Å². The van der Waals surface area contributed by atoms with Crippen LogP contribution >= 0.6 is 11.3 Å². The SMILES string of the molecule is COc1ccc(N=c2scc(-c3ccc4c(c3)NC(=O)CO4)n2N=CC2CC=CCC2)cc1. The molecule has 1 atom stereocenters. The van der Waals surface area contributed by atoms with E-state index in [0.29, 0.717) is 17.4 Å². The zero-order chi connectivity index (χ0) is 22.6. The van der Waals surface area contributed by atoms with Gasteiger partial charge in [0.15, 0.2) is 6.61 Å². The van der Waals surface area contributed by atoms with Gasteiger partial charge >= 0.3 is 0 Å². The maximum atomic E-state index is 11.8. The van der Waals surface area contributed by atoms with Gasteiger partial charge in [0.2, 0.25) is 4.80 Å². The molecule has 3 aromatic rings. The number of amides is 1. The number of aromatic nitrogens is 1. The van der Waals surface area contributed by atoms with Crippen LogP contribution in [0.5, 0.6) is 11.5 Å². The van der Waals surface area contributed by atoms with Crippen molar-refractivity contribution in [2.45, 2.75) is 19.3 Å². The average molecular weight is 461 g/mol. The molecule has 8 heteroatoms. The van der Waals surface area contributed by atoms with Crippen molar-refractivity contribution in [1.29, 1.82) is 0 Å². The lowest BCUT2D eigenvalue weighted by atomic mass is 9.96. The third-order valence-corrected chi connectivity index (χ3v) is 6.41. The average Bonchev–Trinajstić information content (AvgIpc) is 3.25. The fraction of sp³-hybridized carbons (Fsp3) is 0.240. The molecule has 0 saturated heterocycles. The van der Waals surface area contributed by atoms with Gasteiger partial charge in [0.1, 0.15) is 11.5 Å². The first-order chi connectivity index (χ1) is 16.2. The Labute approximate surface area is 195 Å². The summed E-state index contributed by atoms with van der Waals surface area (Å²) in [5.74, 6) is 1.70. The second-order valence-corrected chi connectivity index (χ2v) is 8.72. The number of hydrogen-bond donors (Lipinski definition) is 1. The van der Waals surface area contributed by atoms with Crippen molar-refractivity contribution in [2.24, 2.45) is 16.0 Å². The van der Waals surface area contributed by atoms with E-state index in [1.807, 2.05) is 58.7 Å². The van der Waals surface area contributed by atoms with Crippen molar-refractivity contribution in [2.75, 3.05) is 19.0 Å². The second-order valence-electron chi connectivity index (χ2n) is 7.88. The Kier molecular flexibility index (Phi) is 6.08. The van der Waals surface area contributed by atoms with Crippen molar-refractivity contribution in [3.8, 4) is 22.8 Å². The maximum absolute atomic E-state index is 11.8. The highest BCUT2D eigenvalue weighted by Crippen LogP contribution is 2.33. The molecule has 1 amide bonds. The predicted octanol–water partition coefficient (Wildman–Crippen LogP) is 4.98. The first-order valence-electron chi connectivity index (χ1n) is 10.9. The van der Waals surface area contributed by atoms with Crippen LogP contribution in [-0.4, -0.2) is 30.5 Å². The summed E-state index contributed by atoms with van der Waals surface area (Å²) in [5, 5.41) is 9.77. The third kappa shape index (κ3) is 4.75. The van der Waals surface area contributed by atoms with Crippen molar-refractivity contribution in [3.63, 3.8) is 0 Å². The van der Waals surface area contributed by atoms with E-state index >= 15 is 0 Å². The zero-order valence-electron chi connectivity index (χ0n) is 18.2. The first-order valence-corrected chi connectivity index (χ1v) is 11.7. The van der Waals surface area contributed by atoms with Crippen LogP contribution in [0.4, 0.5) is 11.4 Å². The molecule has 2 aliphatic rings. The van der Waals surface area contributed by atoms with Gasteiger partial charge in [0.25, 0.3) is 5.91 Å². The summed E-state index contributed by atoms with van der Waals surface area (Å²) in [7, 11) is 1.65. The molecule has 0 fully saturated rings. The van der Waals surface area contributed by atoms with Crippen LogP contribution in [-0.2, 0) is 4.79 Å². The highest BCUT2D eigenvalue weighted by Gasteiger charge is 2.18. The number of hydrogen-bond acceptors (Lipinski definition) is 6. The van der Waals surface area contributed by atoms with E-state index in [1.165, 1.54) is 11.3 Å². The molecular formula is C25H24N4O3S. The highest BCUT2D eigenvalue weighted by molar-refractivity contribution is 7.07. The number of nitrogens with one attached hydrogen (secondary N) is 1. The summed E-state index contributed by atoms with van der Waals surface area (Å²) in [5.41, 5.74) is 3.31. The molecule has 2 aromatic carbocycles. The minimum absolute atomic E-state index is 0.0375. The minimum Gasteiger partial charge on any atom is -0.497 e. The minimum atomic E-state index is -0.156. The van der Waals surface area contributed by atoms with Crippen molar-refractivity contribution in [3.05, 3.63) is 64.8 Å². The number of nitrogens with zero attached hydrogens (tertiary/aromatic N) is 3. The fourth-order valence-electron chi connectivity index (χ4n) is 3.81. The van der Waals surface area contributed by atoms with Crippen LogP contribution in [0, 0.1) is 5.92 Å². The molecule has 33 heavy (non-hydrogen) atoms. The van der Waals surface area contributed by atoms with Gasteiger partial charge in [0, 0.05) is 17.2 Å². The van der Waals surface area contributed by atoms with Gasteiger partial charge in [-0.3, -0.25) is 4.79 Å². The van der Waals surface area contributed by atoms with E-state index in [0.717, 1.165) is 46.8 Å². The Morgan fingerprint density at radius 2 is 2.09 bits per heavy atom. The molecular weight excluding hydrogens is 436 g/mol. The number of fused-ring (bicyclic) bond motifs is 1. The molecule has 1 unspecified atom stereocenters. The second kappa shape index (κ2) is 9.46. The molecule has 2 heterocycles. The summed E-state index contributed by atoms with van der Waals surface area (Å²) in [6.07, 6.45) is 9.63. The Balaban J connectivity index is 1.56. The Morgan fingerprint density at radius 3 is 2.88 bits per heavy atom. The van der Waals surface area contributed by atoms with Gasteiger partial charge < -0.3 is 14.8 Å². The molecule has 168 valence electrons. The van der Waals surface area contributed by atoms with Gasteiger partial charge in [-0.25, -0.2) is 9.67 Å². The summed E-state index contributed by atoms with van der Waals surface area (Å²) >= 11 is 1.52. The van der Waals surface area contributed by atoms with E-state index < -0.39 is 0 Å². The standard InChI is InChI=1S/C25H24N4O3S/c1-31-20-10-8-19(9-11-20)27-25-29(26-14-17-5-3-2-4-6-17)22(16-33-25)18-7-12-23-21(13-18)28-24(30)15-32-23/h2-3,7-14,16-17H,4-6,15H2,1H3,(H,28,30). The number of thiazole rings is 1. The number of allylic oxidation sites excluding steroid dienone is 2. The predicted molar refractivity (Wildman–Crippen MR) is 130 cm³/mol. The zero-order valence-corrected chi connectivity index (χ0v) is 19.0. The van der Waals surface area contributed by atoms with Gasteiger partial charge in [-0.2, -0.15) is 5.10 Å². The van der Waals surface area contributed by atoms with E-state index in [-0.39, 0.29) is 12.5 Å². The topological polar surface area (TPSA) is 77.2 Å². The van der Waals surface area contributed by atoms with E-state index in [4.69, 9.17) is 19.6 Å². The van der Waals surface area contributed by atoms with Crippen molar-refractivity contribution >= 4 is 34.8 Å². The molecule has 1 aromatic heterocycles. The fourth-order valence-corrected chi connectivity index (χ4v) is 4.67. The number of anilines is 1. The molecule has 1 aliphatic heterocycles. The molecule has 0 saturated carbocycles. The molecule has 0 bridgehead atoms. The van der Waals surface area contributed by atoms with E-state index in [9.17, 15) is 4.79 Å². The van der Waals surface area contributed by atoms with Crippen LogP contribution in [0.25, 0.3) is 11.3 Å². The maximum Gasteiger partial charge on any atom is 0.262 e. The van der Waals surface area contributed by atoms with Gasteiger partial charge in [-0.15, -0.1) is 11.3 Å². The van der Waals surface area contributed by atoms with Crippen LogP contribution < -0.4 is 19.6 Å². The normalized spacial score (nSPS) is 18.2. The number of benzene rings is 2. The number of rotatable bonds is 5. The molecule has 0 spiro atoms. The van der Waals surface area contributed by atoms with Crippen LogP contribution in [0.3, 0.4) is 0 Å². The lowest BCUT2D eigenvalue weighted by Gasteiger charge is -2.18. The number of ether oxygens (including phenoxy) is 2. The molecule has 1 aliphatic carbocycles. The largest absolute Gasteiger partial charge is 0.497 e.